The number of carbonyl (C=O) groups excluding carboxylic acids is 4. The van der Waals surface area contributed by atoms with E-state index < -0.39 is 168 Å². The summed E-state index contributed by atoms with van der Waals surface area (Å²) in [6.07, 6.45) is -10.8. The van der Waals surface area contributed by atoms with Crippen LogP contribution in [0.4, 0.5) is 54.5 Å². The van der Waals surface area contributed by atoms with Crippen LogP contribution in [0.1, 0.15) is 125 Å². The number of benzene rings is 2. The Bertz CT molecular complexity index is 3540. The maximum absolute atomic E-state index is 15.4. The van der Waals surface area contributed by atoms with E-state index in [9.17, 15) is 63.1 Å². The second-order valence-corrected chi connectivity index (χ2v) is 29.2. The van der Waals surface area contributed by atoms with E-state index in [-0.39, 0.29) is 57.1 Å². The molecule has 33 heteroatoms. The van der Waals surface area contributed by atoms with Crippen LogP contribution in [0.2, 0.25) is 5.02 Å². The second kappa shape index (κ2) is 31.6. The number of methoxy groups -OCH3 is 1. The van der Waals surface area contributed by atoms with Gasteiger partial charge in [-0.3, -0.25) is 32.5 Å². The van der Waals surface area contributed by atoms with Gasteiger partial charge in [0.15, 0.2) is 5.82 Å². The van der Waals surface area contributed by atoms with Crippen molar-refractivity contribution in [3.8, 4) is 23.0 Å². The molecule has 3 atom stereocenters. The summed E-state index contributed by atoms with van der Waals surface area (Å²) in [7, 11) is -4.23. The number of phosphoric acid groups is 1. The molecule has 19 nitrogen and oxygen atoms in total. The number of ether oxygens (including phenoxy) is 2. The molecule has 1 fully saturated rings. The summed E-state index contributed by atoms with van der Waals surface area (Å²) in [5, 5.41) is 6.21. The molecule has 4 aromatic rings. The van der Waals surface area contributed by atoms with E-state index in [2.05, 4.69) is 32.2 Å². The van der Waals surface area contributed by atoms with Crippen molar-refractivity contribution in [1.29, 1.82) is 0 Å². The minimum absolute atomic E-state index is 0.0417. The van der Waals surface area contributed by atoms with Gasteiger partial charge >= 0.3 is 26.3 Å². The fourth-order valence-corrected chi connectivity index (χ4v) is 11.4. The van der Waals surface area contributed by atoms with Crippen LogP contribution in [-0.2, 0) is 65.8 Å². The smallest absolute Gasteiger partial charge is 0.422 e. The van der Waals surface area contributed by atoms with Crippen LogP contribution in [0, 0.1) is 29.4 Å². The number of aromatic nitrogens is 3. The highest BCUT2D eigenvalue weighted by Crippen LogP contribution is 2.55. The molecule has 2 heterocycles. The van der Waals surface area contributed by atoms with E-state index in [0.717, 1.165) is 28.3 Å². The number of hydrogen-bond donors (Lipinski definition) is 2. The van der Waals surface area contributed by atoms with Crippen molar-refractivity contribution in [2.24, 2.45) is 16.6 Å². The zero-order chi connectivity index (χ0) is 70.8. The summed E-state index contributed by atoms with van der Waals surface area (Å²) in [6, 6.07) is 5.59. The van der Waals surface area contributed by atoms with Crippen molar-refractivity contribution in [2.75, 3.05) is 50.4 Å². The minimum Gasteiger partial charge on any atom is -0.422 e. The average Bonchev–Trinajstić information content (AvgIpc) is 1.65. The van der Waals surface area contributed by atoms with E-state index in [1.165, 1.54) is 50.6 Å². The quantitative estimate of drug-likeness (QED) is 0.0186. The second-order valence-electron chi connectivity index (χ2n) is 24.6. The topological polar surface area (TPSA) is 236 Å². The Morgan fingerprint density at radius 2 is 1.54 bits per heavy atom. The van der Waals surface area contributed by atoms with Crippen LogP contribution in [0.5, 0.6) is 0 Å². The molecular formula is C60H76ClF10N8O11PS2. The largest absolute Gasteiger partial charge is 0.478 e. The summed E-state index contributed by atoms with van der Waals surface area (Å²) in [4.78, 5) is 62.3. The fraction of sp³-hybridized carbons (Fsp3) is 0.550. The van der Waals surface area contributed by atoms with E-state index in [0.29, 0.717) is 29.0 Å². The number of pyridine rings is 1. The van der Waals surface area contributed by atoms with Crippen molar-refractivity contribution in [3.05, 3.63) is 87.3 Å². The Balaban J connectivity index is 0.00000292. The first-order chi connectivity index (χ1) is 42.5. The van der Waals surface area contributed by atoms with Crippen LogP contribution in [0.15, 0.2) is 58.7 Å². The Kier molecular flexibility index (Phi) is 27.0. The predicted octanol–water partition coefficient (Wildman–Crippen LogP) is 13.6. The zero-order valence-electron chi connectivity index (χ0n) is 53.8. The van der Waals surface area contributed by atoms with Crippen LogP contribution in [0.25, 0.3) is 22.0 Å². The highest BCUT2D eigenvalue weighted by molar-refractivity contribution is 8.00. The van der Waals surface area contributed by atoms with Gasteiger partial charge in [-0.15, -0.1) is 0 Å². The lowest BCUT2D eigenvalue weighted by atomic mass is 9.93. The third-order valence-electron chi connectivity index (χ3n) is 13.0. The summed E-state index contributed by atoms with van der Waals surface area (Å²) >= 11 is 7.52. The molecule has 5 rings (SSSR count). The van der Waals surface area contributed by atoms with E-state index in [1.54, 1.807) is 48.7 Å². The molecule has 1 aliphatic carbocycles. The number of aliphatic imine (C=N–C) groups is 1. The summed E-state index contributed by atoms with van der Waals surface area (Å²) in [5.41, 5.74) is -2.48. The molecule has 0 radical (unpaired) electrons. The number of amides is 3. The summed E-state index contributed by atoms with van der Waals surface area (Å²) in [6.45, 7) is 14.7. The highest BCUT2D eigenvalue weighted by atomic mass is 35.5. The maximum atomic E-state index is 15.4. The number of aldehydes is 1. The molecule has 516 valence electrons. The number of allylic oxidation sites excluding steroid dienone is 2. The molecule has 93 heavy (non-hydrogen) atoms. The van der Waals surface area contributed by atoms with Crippen LogP contribution in [0.3, 0.4) is 0 Å². The molecule has 2 aromatic carbocycles. The number of hydrogen-bond acceptors (Lipinski definition) is 16. The monoisotopic (exact) mass is 1400 g/mol. The number of nitrogens with two attached hydrogens (primary N) is 1. The standard InChI is InChI=1S/C55H64ClF10N8O10PS2.C5H12O/c1-31-27-53(59,60)47(42(31)46(67)55(64,65)66)68-28-40(76)70-39(25-32-23-33(57)26-34(58)24-32)44-36(15-14-35(69-44)18-19-52(8,9)87(11)80)37-16-17-38(56)43-45(37)73(29-54(61,62)63)71-48(43)74(86-10)41(77)13-12-20-72(21-22-75)49(78)81-30-82-85(79,83-50(2,3)4)84-51(5,6)7;1-5(2,3)6-4/h14-17,22-24,26,31,39H,12-13,20-21,25,27-30,67H2,1-11H3,(H,70,76);1-4H3/b46-42-,68-47?;/t31-,39?,87?;/m0./s1. The number of anilines is 1. The van der Waals surface area contributed by atoms with Crippen LogP contribution >= 0.6 is 31.4 Å². The normalized spacial score (nSPS) is 16.4. The molecule has 1 aliphatic rings. The lowest BCUT2D eigenvalue weighted by Gasteiger charge is -2.30. The third kappa shape index (κ3) is 23.6. The first-order valence-electron chi connectivity index (χ1n) is 28.4. The Labute approximate surface area is 544 Å². The highest BCUT2D eigenvalue weighted by Gasteiger charge is 2.52. The van der Waals surface area contributed by atoms with Gasteiger partial charge in [-0.2, -0.15) is 40.2 Å². The SMILES string of the molecule is COC(C)(C)C.CSN(C(=O)CCCN(CC=O)C(=O)OCOP(=O)(OC(C)(C)C)OC(C)(C)C)c1nn(CC(F)(F)F)c2c(-c3ccc(C#CC(C)(C)S(C)=O)nc3C(Cc3cc(F)cc(F)c3)NC(=O)CN=C3/C(=C(\N)C(F)(F)F)[C@@H](C)CC3(F)F)ccc(Cl)c12. The molecule has 3 amide bonds. The molecule has 2 unspecified atom stereocenters. The van der Waals surface area contributed by atoms with Gasteiger partial charge in [-0.25, -0.2) is 32.0 Å². The molecular weight excluding hydrogens is 1330 g/mol. The van der Waals surface area contributed by atoms with E-state index >= 15 is 8.78 Å². The molecule has 3 N–H and O–H groups in total. The summed E-state index contributed by atoms with van der Waals surface area (Å²) < 4.78 is 199. The van der Waals surface area contributed by atoms with Gasteiger partial charge in [0, 0.05) is 72.6 Å². The van der Waals surface area contributed by atoms with Gasteiger partial charge in [-0.05, 0) is 149 Å². The minimum atomic E-state index is -5.28. The number of phosphoric ester groups is 1. The number of rotatable bonds is 22. The predicted molar refractivity (Wildman–Crippen MR) is 335 cm³/mol. The van der Waals surface area contributed by atoms with Crippen LogP contribution < -0.4 is 15.4 Å². The number of alkyl halides is 8. The van der Waals surface area contributed by atoms with Gasteiger partial charge in [0.1, 0.15) is 52.9 Å². The number of nitrogens with one attached hydrogen (secondary N) is 1. The average molecular weight is 1410 g/mol. The van der Waals surface area contributed by atoms with Gasteiger partial charge < -0.3 is 30.2 Å². The zero-order valence-corrected chi connectivity index (χ0v) is 57.1. The Hall–Kier alpha value is -6.13. The van der Waals surface area contributed by atoms with Crippen LogP contribution in [-0.4, -0.2) is 140 Å². The molecule has 2 aromatic heterocycles. The number of fused-ring (bicyclic) bond motifs is 1. The van der Waals surface area contributed by atoms with E-state index in [1.807, 2.05) is 20.8 Å². The van der Waals surface area contributed by atoms with Crippen molar-refractivity contribution in [1.82, 2.24) is 25.0 Å². The lowest BCUT2D eigenvalue weighted by Crippen LogP contribution is -2.35. The van der Waals surface area contributed by atoms with Crippen molar-refractivity contribution in [3.63, 3.8) is 0 Å². The van der Waals surface area contributed by atoms with Crippen molar-refractivity contribution < 1.29 is 94.9 Å². The fourth-order valence-electron chi connectivity index (χ4n) is 8.71. The summed E-state index contributed by atoms with van der Waals surface area (Å²) in [5.74, 6) is -4.64. The molecule has 0 saturated heterocycles. The van der Waals surface area contributed by atoms with Crippen molar-refractivity contribution >= 4 is 88.8 Å². The molecule has 0 aliphatic heterocycles. The first kappa shape index (κ1) is 79.3. The number of nitrogens with zero attached hydrogens (tertiary/aromatic N) is 6. The van der Waals surface area contributed by atoms with Gasteiger partial charge in [0.05, 0.1) is 51.0 Å². The third-order valence-corrected chi connectivity index (χ3v) is 17.5. The lowest BCUT2D eigenvalue weighted by molar-refractivity contribution is -0.141. The number of carbonyl (C=O) groups is 4. The van der Waals surface area contributed by atoms with Crippen molar-refractivity contribution in [2.45, 2.75) is 161 Å². The van der Waals surface area contributed by atoms with Gasteiger partial charge in [0.25, 0.3) is 5.92 Å². The maximum Gasteiger partial charge on any atom is 0.478 e. The van der Waals surface area contributed by atoms with Gasteiger partial charge in [0.2, 0.25) is 18.6 Å². The van der Waals surface area contributed by atoms with Gasteiger partial charge in [-0.1, -0.05) is 30.5 Å². The molecule has 1 saturated carbocycles. The Morgan fingerprint density at radius 3 is 2.05 bits per heavy atom. The number of halogens is 11. The molecule has 0 spiro atoms. The molecule has 0 bridgehead atoms. The first-order valence-corrected chi connectivity index (χ1v) is 32.9. The van der Waals surface area contributed by atoms with E-state index in [4.69, 9.17) is 40.4 Å². The Morgan fingerprint density at radius 1 is 0.957 bits per heavy atom.